The average molecular weight is 454 g/mol. The van der Waals surface area contributed by atoms with Crippen molar-refractivity contribution in [2.45, 2.75) is 38.5 Å². The van der Waals surface area contributed by atoms with E-state index in [1.807, 2.05) is 0 Å². The summed E-state index contributed by atoms with van der Waals surface area (Å²) in [6.45, 7) is 1.61. The number of hydroxylamine groups is 1. The van der Waals surface area contributed by atoms with Crippen LogP contribution >= 0.6 is 15.9 Å². The van der Waals surface area contributed by atoms with Gasteiger partial charge < -0.3 is 14.7 Å². The van der Waals surface area contributed by atoms with Gasteiger partial charge in [-0.05, 0) is 48.9 Å². The number of nitrogens with one attached hydrogen (secondary N) is 1. The Bertz CT molecular complexity index is 725. The van der Waals surface area contributed by atoms with Crippen LogP contribution in [0.2, 0.25) is 0 Å². The van der Waals surface area contributed by atoms with Crippen LogP contribution in [0.1, 0.15) is 42.1 Å². The van der Waals surface area contributed by atoms with Gasteiger partial charge in [0.05, 0.1) is 0 Å². The van der Waals surface area contributed by atoms with Gasteiger partial charge in [-0.2, -0.15) is 0 Å². The molecule has 0 bridgehead atoms. The van der Waals surface area contributed by atoms with E-state index in [1.54, 1.807) is 31.2 Å². The molecule has 0 radical (unpaired) electrons. The molecule has 1 aromatic rings. The predicted molar refractivity (Wildman–Crippen MR) is 106 cm³/mol. The molecule has 2 amide bonds. The third-order valence-electron chi connectivity index (χ3n) is 4.35. The van der Waals surface area contributed by atoms with Gasteiger partial charge in [-0.3, -0.25) is 15.0 Å². The molecule has 1 fully saturated rings. The molecule has 2 atom stereocenters. The first-order valence-electron chi connectivity index (χ1n) is 8.92. The Morgan fingerprint density at radius 3 is 2.68 bits per heavy atom. The van der Waals surface area contributed by atoms with Gasteiger partial charge in [0.2, 0.25) is 0 Å². The van der Waals surface area contributed by atoms with Crippen LogP contribution in [-0.2, 0) is 14.4 Å². The number of rotatable bonds is 7. The zero-order valence-electron chi connectivity index (χ0n) is 15.9. The number of halogens is 1. The first-order valence-corrected chi connectivity index (χ1v) is 9.71. The second-order valence-corrected chi connectivity index (χ2v) is 6.68. The molecule has 2 N–H and O–H groups in total. The number of aliphatic hydroxyl groups is 1. The number of likely N-dealkylation sites (N-methyl/N-ethyl adjacent to an activating group) is 1. The molecule has 2 rings (SSSR count). The maximum atomic E-state index is 12.6. The predicted octanol–water partition coefficient (Wildman–Crippen LogP) is 1.59. The highest BCUT2D eigenvalue weighted by Gasteiger charge is 2.26. The van der Waals surface area contributed by atoms with Crippen molar-refractivity contribution in [3.05, 3.63) is 35.4 Å². The van der Waals surface area contributed by atoms with E-state index >= 15 is 0 Å². The van der Waals surface area contributed by atoms with Gasteiger partial charge in [0.25, 0.3) is 11.8 Å². The number of benzene rings is 1. The van der Waals surface area contributed by atoms with E-state index < -0.39 is 25.0 Å². The molecule has 1 saturated heterocycles. The van der Waals surface area contributed by atoms with E-state index in [2.05, 4.69) is 32.1 Å². The van der Waals surface area contributed by atoms with Crippen LogP contribution in [0.15, 0.2) is 24.3 Å². The fourth-order valence-electron chi connectivity index (χ4n) is 2.55. The van der Waals surface area contributed by atoms with Crippen molar-refractivity contribution < 1.29 is 24.3 Å². The highest BCUT2D eigenvalue weighted by Crippen LogP contribution is 2.14. The summed E-state index contributed by atoms with van der Waals surface area (Å²) in [5.74, 6) is 2.02. The van der Waals surface area contributed by atoms with E-state index in [4.69, 9.17) is 9.57 Å². The number of carbonyl (C=O) groups excluding carboxylic acids is 2. The number of hydrogen-bond donors (Lipinski definition) is 2. The molecule has 0 aromatic heterocycles. The summed E-state index contributed by atoms with van der Waals surface area (Å²) in [5, 5.41) is 10.3. The molecule has 0 aliphatic carbocycles. The average Bonchev–Trinajstić information content (AvgIpc) is 2.73. The number of nitrogens with zero attached hydrogens (tertiary/aromatic N) is 2. The van der Waals surface area contributed by atoms with E-state index in [0.717, 1.165) is 23.6 Å². The quantitative estimate of drug-likeness (QED) is 0.370. The Morgan fingerprint density at radius 1 is 1.39 bits per heavy atom. The maximum Gasteiger partial charge on any atom is 0.258 e. The summed E-state index contributed by atoms with van der Waals surface area (Å²) >= 11 is 3.03. The lowest BCUT2D eigenvalue weighted by atomic mass is 10.1. The normalized spacial score (nSPS) is 17.4. The lowest BCUT2D eigenvalue weighted by molar-refractivity contribution is -0.323. The van der Waals surface area contributed by atoms with E-state index in [0.29, 0.717) is 18.6 Å². The van der Waals surface area contributed by atoms with Crippen molar-refractivity contribution in [2.75, 3.05) is 20.4 Å². The first kappa shape index (κ1) is 22.3. The minimum atomic E-state index is -0.792. The van der Waals surface area contributed by atoms with Gasteiger partial charge >= 0.3 is 0 Å². The monoisotopic (exact) mass is 453 g/mol. The number of aliphatic hydroxyl groups excluding tert-OH is 1. The van der Waals surface area contributed by atoms with Crippen LogP contribution in [-0.4, -0.2) is 59.7 Å². The first-order chi connectivity index (χ1) is 13.5. The third kappa shape index (κ3) is 6.29. The van der Waals surface area contributed by atoms with Crippen molar-refractivity contribution in [2.24, 2.45) is 0 Å². The highest BCUT2D eigenvalue weighted by molar-refractivity contribution is 9.12. The Kier molecular flexibility index (Phi) is 8.89. The zero-order valence-corrected chi connectivity index (χ0v) is 17.4. The molecule has 152 valence electrons. The van der Waals surface area contributed by atoms with Crippen LogP contribution < -0.4 is 5.43 Å². The number of hydrogen-bond acceptors (Lipinski definition) is 6. The standard InChI is InChI=1S/C19H24BrN3O5/c1-14(18(25)21-23(13-24)28-17-5-3-4-12-27-17)22(2)19(26)16-8-6-15(7-9-16)10-11-20/h6-9,14,17,24H,3-5,12-13H2,1-2H3,(H,21,25). The largest absolute Gasteiger partial charge is 0.377 e. The molecule has 9 heteroatoms. The van der Waals surface area contributed by atoms with Gasteiger partial charge in [0, 0.05) is 47.1 Å². The summed E-state index contributed by atoms with van der Waals surface area (Å²) in [7, 11) is 1.53. The van der Waals surface area contributed by atoms with Crippen molar-refractivity contribution in [1.29, 1.82) is 0 Å². The van der Waals surface area contributed by atoms with Crippen molar-refractivity contribution >= 4 is 27.7 Å². The summed E-state index contributed by atoms with van der Waals surface area (Å²) in [6.07, 6.45) is 2.07. The third-order valence-corrected chi connectivity index (χ3v) is 4.55. The zero-order chi connectivity index (χ0) is 20.5. The van der Waals surface area contributed by atoms with Gasteiger partial charge in [-0.25, -0.2) is 4.84 Å². The van der Waals surface area contributed by atoms with Crippen LogP contribution in [0.25, 0.3) is 0 Å². The molecule has 1 aromatic carbocycles. The Labute approximate surface area is 172 Å². The molecular formula is C19H24BrN3O5. The number of ether oxygens (including phenoxy) is 1. The fourth-order valence-corrected chi connectivity index (χ4v) is 2.78. The second kappa shape index (κ2) is 11.1. The molecular weight excluding hydrogens is 430 g/mol. The Morgan fingerprint density at radius 2 is 2.11 bits per heavy atom. The molecule has 28 heavy (non-hydrogen) atoms. The summed E-state index contributed by atoms with van der Waals surface area (Å²) < 4.78 is 5.42. The summed E-state index contributed by atoms with van der Waals surface area (Å²) in [5.41, 5.74) is 3.66. The Hall–Kier alpha value is -1.96. The number of carbonyl (C=O) groups is 2. The topological polar surface area (TPSA) is 91.3 Å². The number of amides is 2. The highest BCUT2D eigenvalue weighted by atomic mass is 79.9. The molecule has 0 spiro atoms. The van der Waals surface area contributed by atoms with Gasteiger partial charge in [0.1, 0.15) is 12.8 Å². The maximum absolute atomic E-state index is 12.6. The van der Waals surface area contributed by atoms with Crippen molar-refractivity contribution in [3.63, 3.8) is 0 Å². The lowest BCUT2D eigenvalue weighted by Gasteiger charge is -2.30. The SMILES string of the molecule is CC(C(=O)NN(CO)OC1CCCCO1)N(C)C(=O)c1ccc(C#CBr)cc1. The molecule has 0 saturated carbocycles. The van der Waals surface area contributed by atoms with Crippen LogP contribution in [0, 0.1) is 10.8 Å². The number of hydrazine groups is 1. The molecule has 1 heterocycles. The molecule has 2 unspecified atom stereocenters. The van der Waals surface area contributed by atoms with Crippen LogP contribution in [0.3, 0.4) is 0 Å². The second-order valence-electron chi connectivity index (χ2n) is 6.29. The van der Waals surface area contributed by atoms with E-state index in [9.17, 15) is 14.7 Å². The van der Waals surface area contributed by atoms with Crippen LogP contribution in [0.4, 0.5) is 0 Å². The minimum absolute atomic E-state index is 0.312. The van der Waals surface area contributed by atoms with E-state index in [-0.39, 0.29) is 5.91 Å². The fraction of sp³-hybridized carbons (Fsp3) is 0.474. The smallest absolute Gasteiger partial charge is 0.258 e. The van der Waals surface area contributed by atoms with Gasteiger partial charge in [0.15, 0.2) is 6.29 Å². The molecule has 1 aliphatic rings. The summed E-state index contributed by atoms with van der Waals surface area (Å²) in [4.78, 5) is 34.4. The minimum Gasteiger partial charge on any atom is -0.377 e. The van der Waals surface area contributed by atoms with Crippen molar-refractivity contribution in [1.82, 2.24) is 15.5 Å². The van der Waals surface area contributed by atoms with E-state index in [1.165, 1.54) is 11.9 Å². The molecule has 1 aliphatic heterocycles. The Balaban J connectivity index is 1.93. The molecule has 8 nitrogen and oxygen atoms in total. The lowest BCUT2D eigenvalue weighted by Crippen LogP contribution is -2.53. The van der Waals surface area contributed by atoms with Crippen molar-refractivity contribution in [3.8, 4) is 10.8 Å². The van der Waals surface area contributed by atoms with Gasteiger partial charge in [-0.15, -0.1) is 0 Å². The van der Waals surface area contributed by atoms with Crippen LogP contribution in [0.5, 0.6) is 0 Å². The summed E-state index contributed by atoms with van der Waals surface area (Å²) in [6, 6.07) is 5.97. The van der Waals surface area contributed by atoms with Gasteiger partial charge in [-0.1, -0.05) is 11.1 Å².